The van der Waals surface area contributed by atoms with Gasteiger partial charge in [-0.3, -0.25) is 0 Å². The Morgan fingerprint density at radius 2 is 1.53 bits per heavy atom. The van der Waals surface area contributed by atoms with Gasteiger partial charge in [0.15, 0.2) is 0 Å². The molecule has 43 heavy (non-hydrogen) atoms. The monoisotopic (exact) mass is 581 g/mol. The number of pyridine rings is 1. The molecule has 1 amide bonds. The van der Waals surface area contributed by atoms with Crippen LogP contribution in [-0.2, 0) is 18.0 Å². The normalized spacial score (nSPS) is 13.2. The molecule has 0 spiro atoms. The smallest absolute Gasteiger partial charge is 0.410 e. The number of carbonyl (C=O) groups is 1. The molecule has 1 aliphatic rings. The van der Waals surface area contributed by atoms with E-state index in [4.69, 9.17) is 14.2 Å². The van der Waals surface area contributed by atoms with Crippen molar-refractivity contribution < 1.29 is 23.4 Å². The number of aromatic nitrogens is 1. The first-order chi connectivity index (χ1) is 20.7. The van der Waals surface area contributed by atoms with Crippen molar-refractivity contribution >= 4 is 23.0 Å². The van der Waals surface area contributed by atoms with Crippen LogP contribution < -0.4 is 14.8 Å². The van der Waals surface area contributed by atoms with Crippen LogP contribution >= 0.6 is 0 Å². The fraction of sp³-hybridized carbons (Fsp3) is 0.257. The van der Waals surface area contributed by atoms with Crippen molar-refractivity contribution in [3.05, 3.63) is 120 Å². The fourth-order valence-electron chi connectivity index (χ4n) is 4.55. The average molecular weight is 582 g/mol. The zero-order valence-corrected chi connectivity index (χ0v) is 24.7. The first kappa shape index (κ1) is 29.6. The summed E-state index contributed by atoms with van der Waals surface area (Å²) >= 11 is 0. The molecule has 0 atom stereocenters. The molecule has 0 fully saturated rings. The minimum absolute atomic E-state index is 0.292. The summed E-state index contributed by atoms with van der Waals surface area (Å²) in [6, 6.07) is 28.2. The van der Waals surface area contributed by atoms with Crippen molar-refractivity contribution in [1.29, 1.82) is 0 Å². The quantitative estimate of drug-likeness (QED) is 0.215. The number of benzene rings is 3. The van der Waals surface area contributed by atoms with Crippen LogP contribution in [0.15, 0.2) is 97.1 Å². The lowest BCUT2D eigenvalue weighted by atomic mass is 9.99. The third-order valence-electron chi connectivity index (χ3n) is 6.75. The number of rotatable bonds is 9. The van der Waals surface area contributed by atoms with E-state index in [1.54, 1.807) is 23.1 Å². The Labute approximate surface area is 251 Å². The van der Waals surface area contributed by atoms with E-state index in [0.717, 1.165) is 22.3 Å². The van der Waals surface area contributed by atoms with Gasteiger partial charge in [0.25, 0.3) is 0 Å². The molecule has 7 nitrogen and oxygen atoms in total. The molecular weight excluding hydrogens is 545 g/mol. The number of amides is 1. The highest BCUT2D eigenvalue weighted by molar-refractivity contribution is 5.74. The second-order valence-electron chi connectivity index (χ2n) is 11.3. The molecule has 8 heteroatoms. The lowest BCUT2D eigenvalue weighted by Gasteiger charge is -2.29. The Balaban J connectivity index is 1.30. The molecule has 0 saturated carbocycles. The molecule has 0 aliphatic carbocycles. The largest absolute Gasteiger partial charge is 0.473 e. The topological polar surface area (TPSA) is 72.9 Å². The first-order valence-electron chi connectivity index (χ1n) is 14.3. The lowest BCUT2D eigenvalue weighted by Crippen LogP contribution is -2.39. The van der Waals surface area contributed by atoms with Crippen LogP contribution in [0, 0.1) is 5.82 Å². The molecule has 2 heterocycles. The van der Waals surface area contributed by atoms with Crippen LogP contribution in [-0.4, -0.2) is 34.7 Å². The number of halogens is 1. The van der Waals surface area contributed by atoms with E-state index in [2.05, 4.69) is 10.3 Å². The van der Waals surface area contributed by atoms with E-state index in [1.165, 1.54) is 6.07 Å². The highest BCUT2D eigenvalue weighted by Crippen LogP contribution is 2.32. The van der Waals surface area contributed by atoms with Crippen molar-refractivity contribution in [3.63, 3.8) is 0 Å². The van der Waals surface area contributed by atoms with Crippen molar-refractivity contribution in [3.8, 4) is 11.8 Å². The number of ether oxygens (including phenoxy) is 3. The molecule has 0 radical (unpaired) electrons. The fourth-order valence-corrected chi connectivity index (χ4v) is 4.55. The summed E-state index contributed by atoms with van der Waals surface area (Å²) in [5.74, 6) is 0.291. The number of nitrogens with zero attached hydrogens (tertiary/aromatic N) is 2. The molecule has 222 valence electrons. The minimum atomic E-state index is -0.551. The predicted molar refractivity (Wildman–Crippen MR) is 166 cm³/mol. The Bertz CT molecular complexity index is 1570. The highest BCUT2D eigenvalue weighted by Gasteiger charge is 2.24. The molecule has 1 aliphatic heterocycles. The summed E-state index contributed by atoms with van der Waals surface area (Å²) in [4.78, 5) is 18.6. The zero-order chi connectivity index (χ0) is 30.2. The number of anilines is 2. The summed E-state index contributed by atoms with van der Waals surface area (Å²) in [6.45, 7) is 7.11. The number of hydrogen-bond acceptors (Lipinski definition) is 6. The van der Waals surface area contributed by atoms with Gasteiger partial charge in [-0.25, -0.2) is 9.18 Å². The summed E-state index contributed by atoms with van der Waals surface area (Å²) in [5.41, 5.74) is 4.01. The number of nitrogens with one attached hydrogen (secondary N) is 1. The first-order valence-corrected chi connectivity index (χ1v) is 14.3. The molecule has 4 aromatic rings. The van der Waals surface area contributed by atoms with Crippen molar-refractivity contribution in [2.75, 3.05) is 18.4 Å². The molecule has 0 unspecified atom stereocenters. The van der Waals surface area contributed by atoms with Crippen LogP contribution in [0.2, 0.25) is 0 Å². The van der Waals surface area contributed by atoms with Gasteiger partial charge in [-0.2, -0.15) is 4.98 Å². The summed E-state index contributed by atoms with van der Waals surface area (Å²) < 4.78 is 32.9. The van der Waals surface area contributed by atoms with Crippen molar-refractivity contribution in [2.45, 2.75) is 46.0 Å². The van der Waals surface area contributed by atoms with Crippen molar-refractivity contribution in [1.82, 2.24) is 9.88 Å². The third kappa shape index (κ3) is 8.35. The lowest BCUT2D eigenvalue weighted by molar-refractivity contribution is 0.0270. The van der Waals surface area contributed by atoms with Crippen molar-refractivity contribution in [2.24, 2.45) is 0 Å². The van der Waals surface area contributed by atoms with Gasteiger partial charge < -0.3 is 24.4 Å². The maximum absolute atomic E-state index is 15.4. The molecule has 3 aromatic carbocycles. The Morgan fingerprint density at radius 3 is 2.14 bits per heavy atom. The molecule has 1 N–H and O–H groups in total. The molecule has 5 rings (SSSR count). The summed E-state index contributed by atoms with van der Waals surface area (Å²) in [5, 5.41) is 3.14. The van der Waals surface area contributed by atoms with Gasteiger partial charge in [0.2, 0.25) is 11.8 Å². The standard InChI is InChI=1S/C35H36FN3O4/c1-35(2,3)43-34(40)39-20-18-27(19-21-39)28-14-15-30(29(36)22-28)37-31-16-17-32(41-23-25-10-6-4-7-11-25)38-33(31)42-24-26-12-8-5-9-13-26/h4-18,22,37H,19-21,23-24H2,1-3H3. The maximum atomic E-state index is 15.4. The average Bonchev–Trinajstić information content (AvgIpc) is 3.01. The van der Waals surface area contributed by atoms with Gasteiger partial charge >= 0.3 is 6.09 Å². The van der Waals surface area contributed by atoms with E-state index in [9.17, 15) is 4.79 Å². The molecule has 0 bridgehead atoms. The minimum Gasteiger partial charge on any atom is -0.473 e. The van der Waals surface area contributed by atoms with Crippen LogP contribution in [0.3, 0.4) is 0 Å². The molecule has 0 saturated heterocycles. The van der Waals surface area contributed by atoms with Crippen LogP contribution in [0.5, 0.6) is 11.8 Å². The number of carbonyl (C=O) groups excluding carboxylic acids is 1. The van der Waals surface area contributed by atoms with Gasteiger partial charge in [0.1, 0.15) is 30.3 Å². The predicted octanol–water partition coefficient (Wildman–Crippen LogP) is 8.15. The van der Waals surface area contributed by atoms with E-state index < -0.39 is 11.4 Å². The van der Waals surface area contributed by atoms with Gasteiger partial charge in [-0.05, 0) is 67.7 Å². The van der Waals surface area contributed by atoms with Crippen LogP contribution in [0.4, 0.5) is 20.6 Å². The number of hydrogen-bond donors (Lipinski definition) is 1. The second-order valence-corrected chi connectivity index (χ2v) is 11.3. The van der Waals surface area contributed by atoms with E-state index >= 15 is 4.39 Å². The highest BCUT2D eigenvalue weighted by atomic mass is 19.1. The van der Waals surface area contributed by atoms with E-state index in [-0.39, 0.29) is 6.09 Å². The van der Waals surface area contributed by atoms with E-state index in [0.29, 0.717) is 55.9 Å². The Hall–Kier alpha value is -4.85. The van der Waals surface area contributed by atoms with Crippen LogP contribution in [0.1, 0.15) is 43.9 Å². The summed E-state index contributed by atoms with van der Waals surface area (Å²) in [7, 11) is 0. The second kappa shape index (κ2) is 13.4. The summed E-state index contributed by atoms with van der Waals surface area (Å²) in [6.07, 6.45) is 2.21. The zero-order valence-electron chi connectivity index (χ0n) is 24.7. The maximum Gasteiger partial charge on any atom is 0.410 e. The Morgan fingerprint density at radius 1 is 0.884 bits per heavy atom. The van der Waals surface area contributed by atoms with Gasteiger partial charge in [-0.1, -0.05) is 72.8 Å². The van der Waals surface area contributed by atoms with Gasteiger partial charge in [0.05, 0.1) is 5.69 Å². The molecule has 1 aromatic heterocycles. The Kier molecular flexibility index (Phi) is 9.25. The SMILES string of the molecule is CC(C)(C)OC(=O)N1CC=C(c2ccc(Nc3ccc(OCc4ccccc4)nc3OCc3ccccc3)c(F)c2)CC1. The van der Waals surface area contributed by atoms with Gasteiger partial charge in [0, 0.05) is 19.2 Å². The van der Waals surface area contributed by atoms with Gasteiger partial charge in [-0.15, -0.1) is 0 Å². The molecular formula is C35H36FN3O4. The van der Waals surface area contributed by atoms with E-state index in [1.807, 2.05) is 93.6 Å². The van der Waals surface area contributed by atoms with Crippen LogP contribution in [0.25, 0.3) is 5.57 Å². The third-order valence-corrected chi connectivity index (χ3v) is 6.75.